The lowest BCUT2D eigenvalue weighted by Gasteiger charge is -2.35. The van der Waals surface area contributed by atoms with Gasteiger partial charge in [0.25, 0.3) is 5.56 Å². The molecule has 1 aliphatic carbocycles. The zero-order valence-electron chi connectivity index (χ0n) is 16.7. The van der Waals surface area contributed by atoms with E-state index in [4.69, 9.17) is 4.98 Å². The molecular weight excluding hydrogens is 364 g/mol. The summed E-state index contributed by atoms with van der Waals surface area (Å²) in [5.41, 5.74) is 4.89. The Hall–Kier alpha value is -2.33. The maximum Gasteiger partial charge on any atom is 0.263 e. The first-order valence-electron chi connectivity index (χ1n) is 10.0. The van der Waals surface area contributed by atoms with Gasteiger partial charge < -0.3 is 0 Å². The zero-order chi connectivity index (χ0) is 19.7. The molecule has 0 bridgehead atoms. The van der Waals surface area contributed by atoms with Crippen LogP contribution in [0.1, 0.15) is 44.7 Å². The van der Waals surface area contributed by atoms with Crippen molar-refractivity contribution >= 4 is 11.8 Å². The van der Waals surface area contributed by atoms with Crippen LogP contribution >= 0.6 is 11.8 Å². The predicted molar refractivity (Wildman–Crippen MR) is 118 cm³/mol. The van der Waals surface area contributed by atoms with Crippen LogP contribution in [-0.4, -0.2) is 15.3 Å². The number of hydrogen-bond acceptors (Lipinski definition) is 3. The first-order valence-corrected chi connectivity index (χ1v) is 11.0. The average Bonchev–Trinajstić information content (AvgIpc) is 2.72. The summed E-state index contributed by atoms with van der Waals surface area (Å²) in [6.45, 7) is 6.53. The first-order chi connectivity index (χ1) is 13.6. The summed E-state index contributed by atoms with van der Waals surface area (Å²) in [4.78, 5) is 19.0. The number of hydrogen-bond donors (Lipinski definition) is 0. The lowest BCUT2D eigenvalue weighted by Crippen LogP contribution is -2.39. The highest BCUT2D eigenvalue weighted by atomic mass is 32.2. The summed E-state index contributed by atoms with van der Waals surface area (Å²) in [7, 11) is 0. The van der Waals surface area contributed by atoms with Crippen molar-refractivity contribution in [2.45, 2.75) is 50.6 Å². The molecule has 0 radical (unpaired) electrons. The molecule has 1 heterocycles. The molecule has 1 aromatic heterocycles. The number of rotatable bonds is 5. The van der Waals surface area contributed by atoms with Crippen molar-refractivity contribution < 1.29 is 0 Å². The van der Waals surface area contributed by atoms with E-state index in [1.165, 1.54) is 5.56 Å². The van der Waals surface area contributed by atoms with Crippen molar-refractivity contribution in [2.24, 2.45) is 0 Å². The van der Waals surface area contributed by atoms with Gasteiger partial charge in [0.2, 0.25) is 0 Å². The molecule has 0 spiro atoms. The summed E-state index contributed by atoms with van der Waals surface area (Å²) in [6.07, 6.45) is 2.82. The Balaban J connectivity index is 2.06. The van der Waals surface area contributed by atoms with Gasteiger partial charge in [-0.1, -0.05) is 75.0 Å². The van der Waals surface area contributed by atoms with Gasteiger partial charge in [-0.15, -0.1) is 0 Å². The topological polar surface area (TPSA) is 34.9 Å². The minimum atomic E-state index is -0.210. The minimum Gasteiger partial charge on any atom is -0.268 e. The summed E-state index contributed by atoms with van der Waals surface area (Å²) in [5, 5.41) is 0.784. The fourth-order valence-electron chi connectivity index (χ4n) is 4.05. The van der Waals surface area contributed by atoms with E-state index in [0.717, 1.165) is 52.7 Å². The van der Waals surface area contributed by atoms with Gasteiger partial charge in [0.05, 0.1) is 16.9 Å². The highest BCUT2D eigenvalue weighted by Crippen LogP contribution is 2.43. The molecule has 1 atom stereocenters. The molecule has 0 amide bonds. The van der Waals surface area contributed by atoms with E-state index in [-0.39, 0.29) is 11.0 Å². The lowest BCUT2D eigenvalue weighted by molar-refractivity contribution is 0.435. The number of thioether (sulfide) groups is 1. The van der Waals surface area contributed by atoms with Gasteiger partial charge in [0.15, 0.2) is 5.16 Å². The third-order valence-electron chi connectivity index (χ3n) is 5.74. The molecule has 0 N–H and O–H groups in total. The second-order valence-corrected chi connectivity index (χ2v) is 8.75. The van der Waals surface area contributed by atoms with Gasteiger partial charge in [0.1, 0.15) is 0 Å². The smallest absolute Gasteiger partial charge is 0.263 e. The second kappa shape index (κ2) is 7.59. The average molecular weight is 391 g/mol. The van der Waals surface area contributed by atoms with Crippen molar-refractivity contribution in [3.63, 3.8) is 0 Å². The van der Waals surface area contributed by atoms with E-state index >= 15 is 0 Å². The van der Waals surface area contributed by atoms with Gasteiger partial charge in [-0.05, 0) is 37.0 Å². The van der Waals surface area contributed by atoms with Crippen molar-refractivity contribution in [2.75, 3.05) is 5.75 Å². The molecule has 2 aromatic carbocycles. The van der Waals surface area contributed by atoms with Crippen molar-refractivity contribution in [1.82, 2.24) is 9.55 Å². The number of para-hydroxylation sites is 1. The van der Waals surface area contributed by atoms with E-state index in [2.05, 4.69) is 39.0 Å². The third-order valence-corrected chi connectivity index (χ3v) is 6.88. The highest BCUT2D eigenvalue weighted by molar-refractivity contribution is 7.99. The Bertz CT molecular complexity index is 1060. The van der Waals surface area contributed by atoms with Crippen LogP contribution in [0.3, 0.4) is 0 Å². The standard InChI is InChI=1S/C24H26N2OS/c1-4-15-28-23-25-21-19-14-10-9-11-17(19)16-24(3,5-2)20(21)22(27)26(23)18-12-7-6-8-13-18/h6-14H,4-5,15-16H2,1-3H3/t24-/m1/s1. The second-order valence-electron chi connectivity index (χ2n) is 7.69. The first kappa shape index (κ1) is 19.0. The van der Waals surface area contributed by atoms with Crippen molar-refractivity contribution in [1.29, 1.82) is 0 Å². The lowest BCUT2D eigenvalue weighted by atomic mass is 9.69. The molecule has 0 saturated heterocycles. The summed E-state index contributed by atoms with van der Waals surface area (Å²) in [5.74, 6) is 0.935. The molecular formula is C24H26N2OS. The molecule has 4 heteroatoms. The normalized spacial score (nSPS) is 17.8. The zero-order valence-corrected chi connectivity index (χ0v) is 17.6. The largest absolute Gasteiger partial charge is 0.268 e. The molecule has 0 fully saturated rings. The fourth-order valence-corrected chi connectivity index (χ4v) is 4.91. The van der Waals surface area contributed by atoms with Gasteiger partial charge in [0, 0.05) is 16.7 Å². The van der Waals surface area contributed by atoms with Crippen LogP contribution in [0.2, 0.25) is 0 Å². The Morgan fingerprint density at radius 2 is 1.79 bits per heavy atom. The molecule has 1 aliphatic rings. The molecule has 3 aromatic rings. The monoisotopic (exact) mass is 390 g/mol. The number of nitrogens with zero attached hydrogens (tertiary/aromatic N) is 2. The highest BCUT2D eigenvalue weighted by Gasteiger charge is 2.38. The summed E-state index contributed by atoms with van der Waals surface area (Å²) >= 11 is 1.66. The SMILES string of the molecule is CCCSc1nc2c(c(=O)n1-c1ccccc1)[C@](C)(CC)Cc1ccccc1-2. The molecule has 28 heavy (non-hydrogen) atoms. The van der Waals surface area contributed by atoms with Crippen LogP contribution in [0.25, 0.3) is 16.9 Å². The number of aromatic nitrogens is 2. The van der Waals surface area contributed by atoms with Gasteiger partial charge >= 0.3 is 0 Å². The van der Waals surface area contributed by atoms with Gasteiger partial charge in [-0.2, -0.15) is 0 Å². The molecule has 144 valence electrons. The predicted octanol–water partition coefficient (Wildman–Crippen LogP) is 5.63. The van der Waals surface area contributed by atoms with E-state index < -0.39 is 0 Å². The van der Waals surface area contributed by atoms with Crippen LogP contribution < -0.4 is 5.56 Å². The Morgan fingerprint density at radius 3 is 2.50 bits per heavy atom. The van der Waals surface area contributed by atoms with Gasteiger partial charge in [-0.25, -0.2) is 4.98 Å². The molecule has 3 nitrogen and oxygen atoms in total. The van der Waals surface area contributed by atoms with Crippen LogP contribution in [0.15, 0.2) is 64.5 Å². The van der Waals surface area contributed by atoms with Crippen LogP contribution in [0.4, 0.5) is 0 Å². The summed E-state index contributed by atoms with van der Waals surface area (Å²) < 4.78 is 1.82. The fraction of sp³-hybridized carbons (Fsp3) is 0.333. The van der Waals surface area contributed by atoms with Crippen LogP contribution in [0.5, 0.6) is 0 Å². The Kier molecular flexibility index (Phi) is 5.15. The number of fused-ring (bicyclic) bond motifs is 3. The molecule has 0 unspecified atom stereocenters. The van der Waals surface area contributed by atoms with E-state index in [1.54, 1.807) is 11.8 Å². The minimum absolute atomic E-state index is 0.0775. The Labute approximate surface area is 170 Å². The molecule has 0 aliphatic heterocycles. The maximum absolute atomic E-state index is 13.9. The van der Waals surface area contributed by atoms with E-state index in [9.17, 15) is 4.79 Å². The van der Waals surface area contributed by atoms with Crippen LogP contribution in [0, 0.1) is 0 Å². The van der Waals surface area contributed by atoms with E-state index in [0.29, 0.717) is 0 Å². The molecule has 0 saturated carbocycles. The van der Waals surface area contributed by atoms with Crippen molar-refractivity contribution in [3.05, 3.63) is 76.1 Å². The molecule has 4 rings (SSSR count). The number of benzene rings is 2. The Morgan fingerprint density at radius 1 is 1.07 bits per heavy atom. The summed E-state index contributed by atoms with van der Waals surface area (Å²) in [6, 6.07) is 18.3. The third kappa shape index (κ3) is 3.10. The van der Waals surface area contributed by atoms with Gasteiger partial charge in [-0.3, -0.25) is 9.36 Å². The maximum atomic E-state index is 13.9. The van der Waals surface area contributed by atoms with Crippen LogP contribution in [-0.2, 0) is 11.8 Å². The van der Waals surface area contributed by atoms with E-state index in [1.807, 2.05) is 41.0 Å². The van der Waals surface area contributed by atoms with Crippen molar-refractivity contribution in [3.8, 4) is 16.9 Å². The quantitative estimate of drug-likeness (QED) is 0.418.